The highest BCUT2D eigenvalue weighted by Gasteiger charge is 2.15. The summed E-state index contributed by atoms with van der Waals surface area (Å²) in [6, 6.07) is 6.26. The lowest BCUT2D eigenvalue weighted by molar-refractivity contribution is 0.0794. The molecule has 0 aromatic carbocycles. The fraction of sp³-hybridized carbons (Fsp3) is 0.273. The molecule has 1 rings (SSSR count). The van der Waals surface area contributed by atoms with Crippen LogP contribution in [-0.2, 0) is 7.05 Å². The van der Waals surface area contributed by atoms with E-state index in [4.69, 9.17) is 10.5 Å². The minimum absolute atomic E-state index is 0.179. The van der Waals surface area contributed by atoms with Crippen LogP contribution < -0.4 is 5.56 Å². The van der Waals surface area contributed by atoms with E-state index in [1.165, 1.54) is 22.9 Å². The van der Waals surface area contributed by atoms with Gasteiger partial charge < -0.3 is 9.47 Å². The van der Waals surface area contributed by atoms with E-state index in [9.17, 15) is 9.59 Å². The summed E-state index contributed by atoms with van der Waals surface area (Å²) in [6.07, 6.45) is 1.46. The van der Waals surface area contributed by atoms with Crippen molar-refractivity contribution in [1.29, 1.82) is 10.5 Å². The number of carbonyl (C=O) groups is 1. The molecule has 1 amide bonds. The second kappa shape index (κ2) is 5.47. The average molecular weight is 230 g/mol. The van der Waals surface area contributed by atoms with Crippen LogP contribution in [0.1, 0.15) is 10.4 Å². The fourth-order valence-corrected chi connectivity index (χ4v) is 1.23. The molecule has 86 valence electrons. The third-order valence-electron chi connectivity index (χ3n) is 2.16. The molecule has 0 fully saturated rings. The Labute approximate surface area is 97.9 Å². The van der Waals surface area contributed by atoms with Gasteiger partial charge in [-0.25, -0.2) is 0 Å². The van der Waals surface area contributed by atoms with E-state index in [1.807, 2.05) is 0 Å². The van der Waals surface area contributed by atoms with Crippen LogP contribution in [0.5, 0.6) is 0 Å². The second-order valence-electron chi connectivity index (χ2n) is 3.34. The molecule has 6 heteroatoms. The summed E-state index contributed by atoms with van der Waals surface area (Å²) in [7, 11) is 1.57. The highest BCUT2D eigenvalue weighted by Crippen LogP contribution is 2.01. The van der Waals surface area contributed by atoms with E-state index in [-0.39, 0.29) is 24.2 Å². The number of aromatic nitrogens is 1. The quantitative estimate of drug-likeness (QED) is 0.676. The van der Waals surface area contributed by atoms with E-state index in [0.29, 0.717) is 0 Å². The van der Waals surface area contributed by atoms with E-state index < -0.39 is 5.91 Å². The lowest BCUT2D eigenvalue weighted by Crippen LogP contribution is -2.32. The Morgan fingerprint density at radius 3 is 2.47 bits per heavy atom. The molecule has 0 unspecified atom stereocenters. The summed E-state index contributed by atoms with van der Waals surface area (Å²) in [6.45, 7) is -0.358. The van der Waals surface area contributed by atoms with Crippen molar-refractivity contribution in [2.45, 2.75) is 0 Å². The van der Waals surface area contributed by atoms with Gasteiger partial charge in [0, 0.05) is 24.9 Å². The minimum Gasteiger partial charge on any atom is -0.319 e. The molecule has 17 heavy (non-hydrogen) atoms. The van der Waals surface area contributed by atoms with Crippen LogP contribution in [0.25, 0.3) is 0 Å². The zero-order valence-corrected chi connectivity index (χ0v) is 9.25. The monoisotopic (exact) mass is 230 g/mol. The number of nitriles is 2. The van der Waals surface area contributed by atoms with Crippen molar-refractivity contribution in [1.82, 2.24) is 9.47 Å². The summed E-state index contributed by atoms with van der Waals surface area (Å²) in [4.78, 5) is 24.3. The maximum atomic E-state index is 11.9. The number of nitrogens with zero attached hydrogens (tertiary/aromatic N) is 4. The van der Waals surface area contributed by atoms with Crippen molar-refractivity contribution in [3.05, 3.63) is 34.2 Å². The number of rotatable bonds is 3. The summed E-state index contributed by atoms with van der Waals surface area (Å²) in [5, 5.41) is 17.1. The molecule has 0 atom stereocenters. The Hall–Kier alpha value is -2.60. The standard InChI is InChI=1S/C11H10N4O2/c1-14-5-2-9(8-10(14)16)11(17)15(6-3-12)7-4-13/h2,5,8H,6-7H2,1H3. The summed E-state index contributed by atoms with van der Waals surface area (Å²) >= 11 is 0. The molecule has 1 aromatic heterocycles. The molecule has 0 N–H and O–H groups in total. The molecule has 0 saturated carbocycles. The van der Waals surface area contributed by atoms with Gasteiger partial charge in [-0.15, -0.1) is 0 Å². The number of hydrogen-bond acceptors (Lipinski definition) is 4. The van der Waals surface area contributed by atoms with Crippen LogP contribution in [0, 0.1) is 22.7 Å². The molecule has 0 bridgehead atoms. The maximum Gasteiger partial charge on any atom is 0.255 e. The van der Waals surface area contributed by atoms with Gasteiger partial charge in [-0.05, 0) is 6.07 Å². The first kappa shape index (κ1) is 12.5. The number of amides is 1. The average Bonchev–Trinajstić information content (AvgIpc) is 2.31. The Kier molecular flexibility index (Phi) is 4.02. The number of carbonyl (C=O) groups excluding carboxylic acids is 1. The topological polar surface area (TPSA) is 89.9 Å². The van der Waals surface area contributed by atoms with Crippen molar-refractivity contribution in [2.24, 2.45) is 7.05 Å². The minimum atomic E-state index is -0.495. The molecule has 0 saturated heterocycles. The van der Waals surface area contributed by atoms with Gasteiger partial charge in [0.15, 0.2) is 0 Å². The molecule has 0 aliphatic heterocycles. The van der Waals surface area contributed by atoms with Crippen molar-refractivity contribution in [3.8, 4) is 12.1 Å². The first-order valence-corrected chi connectivity index (χ1v) is 4.80. The van der Waals surface area contributed by atoms with Gasteiger partial charge in [-0.1, -0.05) is 0 Å². The highest BCUT2D eigenvalue weighted by molar-refractivity contribution is 5.94. The van der Waals surface area contributed by atoms with Crippen LogP contribution in [0.4, 0.5) is 0 Å². The van der Waals surface area contributed by atoms with Gasteiger partial charge in [-0.3, -0.25) is 9.59 Å². The molecular weight excluding hydrogens is 220 g/mol. The lowest BCUT2D eigenvalue weighted by Gasteiger charge is -2.15. The van der Waals surface area contributed by atoms with Gasteiger partial charge in [0.05, 0.1) is 12.1 Å². The Bertz CT molecular complexity index is 546. The molecule has 0 aliphatic carbocycles. The van der Waals surface area contributed by atoms with Crippen LogP contribution in [0.2, 0.25) is 0 Å². The zero-order valence-electron chi connectivity index (χ0n) is 9.25. The van der Waals surface area contributed by atoms with Crippen molar-refractivity contribution < 1.29 is 4.79 Å². The number of hydrogen-bond donors (Lipinski definition) is 0. The van der Waals surface area contributed by atoms with Crippen LogP contribution >= 0.6 is 0 Å². The van der Waals surface area contributed by atoms with Crippen LogP contribution in [-0.4, -0.2) is 28.5 Å². The highest BCUT2D eigenvalue weighted by atomic mass is 16.2. The molecule has 0 spiro atoms. The molecular formula is C11H10N4O2. The number of aryl methyl sites for hydroxylation is 1. The SMILES string of the molecule is Cn1ccc(C(=O)N(CC#N)CC#N)cc1=O. The third-order valence-corrected chi connectivity index (χ3v) is 2.16. The first-order chi connectivity index (χ1) is 8.10. The molecule has 6 nitrogen and oxygen atoms in total. The first-order valence-electron chi connectivity index (χ1n) is 4.80. The van der Waals surface area contributed by atoms with Crippen molar-refractivity contribution in [2.75, 3.05) is 13.1 Å². The summed E-state index contributed by atoms with van der Waals surface area (Å²) < 4.78 is 1.33. The van der Waals surface area contributed by atoms with Gasteiger partial charge >= 0.3 is 0 Å². The van der Waals surface area contributed by atoms with Crippen molar-refractivity contribution in [3.63, 3.8) is 0 Å². The maximum absolute atomic E-state index is 11.9. The molecule has 0 aliphatic rings. The van der Waals surface area contributed by atoms with Gasteiger partial charge in [0.25, 0.3) is 11.5 Å². The smallest absolute Gasteiger partial charge is 0.255 e. The summed E-state index contributed by atoms with van der Waals surface area (Å²) in [5.74, 6) is -0.495. The molecule has 1 heterocycles. The van der Waals surface area contributed by atoms with E-state index in [1.54, 1.807) is 19.2 Å². The van der Waals surface area contributed by atoms with Crippen LogP contribution in [0.15, 0.2) is 23.1 Å². The fourth-order valence-electron chi connectivity index (χ4n) is 1.23. The zero-order chi connectivity index (χ0) is 12.8. The number of pyridine rings is 1. The molecule has 0 radical (unpaired) electrons. The largest absolute Gasteiger partial charge is 0.319 e. The Morgan fingerprint density at radius 1 is 1.41 bits per heavy atom. The van der Waals surface area contributed by atoms with Gasteiger partial charge in [0.2, 0.25) is 0 Å². The summed E-state index contributed by atoms with van der Waals surface area (Å²) in [5.41, 5.74) is -0.136. The lowest BCUT2D eigenvalue weighted by atomic mass is 10.2. The van der Waals surface area contributed by atoms with Gasteiger partial charge in [-0.2, -0.15) is 10.5 Å². The predicted octanol–water partition coefficient (Wildman–Crippen LogP) is -0.125. The van der Waals surface area contributed by atoms with E-state index in [2.05, 4.69) is 0 Å². The van der Waals surface area contributed by atoms with Crippen molar-refractivity contribution >= 4 is 5.91 Å². The predicted molar refractivity (Wildman–Crippen MR) is 58.8 cm³/mol. The van der Waals surface area contributed by atoms with E-state index in [0.717, 1.165) is 4.90 Å². The normalized spacial score (nSPS) is 9.12. The molecule has 1 aromatic rings. The van der Waals surface area contributed by atoms with Gasteiger partial charge in [0.1, 0.15) is 13.1 Å². The second-order valence-corrected chi connectivity index (χ2v) is 3.34. The Morgan fingerprint density at radius 2 is 2.00 bits per heavy atom. The third kappa shape index (κ3) is 2.93. The van der Waals surface area contributed by atoms with Crippen LogP contribution in [0.3, 0.4) is 0 Å². The van der Waals surface area contributed by atoms with E-state index >= 15 is 0 Å². The Balaban J connectivity index is 3.02.